The van der Waals surface area contributed by atoms with Gasteiger partial charge in [-0.2, -0.15) is 4.31 Å². The number of hydrogen-bond donors (Lipinski definition) is 1. The van der Waals surface area contributed by atoms with Crippen molar-refractivity contribution in [1.29, 1.82) is 0 Å². The number of sulfonamides is 1. The molecule has 1 heterocycles. The summed E-state index contributed by atoms with van der Waals surface area (Å²) in [4.78, 5) is 11.3. The predicted molar refractivity (Wildman–Crippen MR) is 81.2 cm³/mol. The van der Waals surface area contributed by atoms with Gasteiger partial charge in [0.1, 0.15) is 11.3 Å². The summed E-state index contributed by atoms with van der Waals surface area (Å²) in [6.45, 7) is 0.653. The van der Waals surface area contributed by atoms with E-state index in [0.717, 1.165) is 25.3 Å². The number of nitrogens with zero attached hydrogens (tertiary/aromatic N) is 1. The van der Waals surface area contributed by atoms with E-state index >= 15 is 0 Å². The molecule has 2 atom stereocenters. The third kappa shape index (κ3) is 2.82. The lowest BCUT2D eigenvalue weighted by Crippen LogP contribution is -2.51. The van der Waals surface area contributed by atoms with E-state index in [9.17, 15) is 18.3 Å². The van der Waals surface area contributed by atoms with Crippen LogP contribution in [0.3, 0.4) is 0 Å². The summed E-state index contributed by atoms with van der Waals surface area (Å²) in [6, 6.07) is 3.77. The average molecular weight is 341 g/mol. The van der Waals surface area contributed by atoms with E-state index in [1.807, 2.05) is 0 Å². The fraction of sp³-hybridized carbons (Fsp3) is 0.533. The van der Waals surface area contributed by atoms with E-state index in [1.165, 1.54) is 23.5 Å². The molecule has 1 aliphatic heterocycles. The van der Waals surface area contributed by atoms with Crippen molar-refractivity contribution in [3.05, 3.63) is 23.8 Å². The lowest BCUT2D eigenvalue weighted by molar-refractivity contribution is -0.0241. The summed E-state index contributed by atoms with van der Waals surface area (Å²) in [5.41, 5.74) is -0.162. The number of morpholine rings is 1. The second-order valence-electron chi connectivity index (χ2n) is 5.69. The molecule has 0 spiro atoms. The predicted octanol–water partition coefficient (Wildman–Crippen LogP) is 1.34. The summed E-state index contributed by atoms with van der Waals surface area (Å²) in [6.07, 6.45) is 2.51. The second kappa shape index (κ2) is 6.10. The van der Waals surface area contributed by atoms with Crippen LogP contribution in [0.5, 0.6) is 5.75 Å². The van der Waals surface area contributed by atoms with Gasteiger partial charge in [-0.25, -0.2) is 13.2 Å². The summed E-state index contributed by atoms with van der Waals surface area (Å²) in [5, 5.41) is 9.24. The molecule has 1 aromatic carbocycles. The molecular formula is C15H19NO6S. The van der Waals surface area contributed by atoms with Gasteiger partial charge >= 0.3 is 5.97 Å². The number of benzene rings is 1. The van der Waals surface area contributed by atoms with Crippen molar-refractivity contribution in [2.45, 2.75) is 36.3 Å². The van der Waals surface area contributed by atoms with Crippen LogP contribution in [0, 0.1) is 0 Å². The smallest absolute Gasteiger partial charge is 0.339 e. The molecule has 2 aliphatic rings. The van der Waals surface area contributed by atoms with Gasteiger partial charge in [0, 0.05) is 6.54 Å². The van der Waals surface area contributed by atoms with E-state index in [4.69, 9.17) is 9.47 Å². The van der Waals surface area contributed by atoms with Crippen LogP contribution in [-0.2, 0) is 14.8 Å². The number of aromatic carboxylic acids is 1. The van der Waals surface area contributed by atoms with Crippen LogP contribution >= 0.6 is 0 Å². The monoisotopic (exact) mass is 341 g/mol. The van der Waals surface area contributed by atoms with Crippen LogP contribution in [0.2, 0.25) is 0 Å². The number of methoxy groups -OCH3 is 1. The largest absolute Gasteiger partial charge is 0.496 e. The molecule has 0 aromatic heterocycles. The van der Waals surface area contributed by atoms with Gasteiger partial charge in [0.25, 0.3) is 0 Å². The van der Waals surface area contributed by atoms with Crippen molar-refractivity contribution in [2.75, 3.05) is 20.3 Å². The molecule has 1 saturated carbocycles. The fourth-order valence-electron chi connectivity index (χ4n) is 3.34. The minimum atomic E-state index is -3.76. The highest BCUT2D eigenvalue weighted by molar-refractivity contribution is 7.89. The number of hydrogen-bond acceptors (Lipinski definition) is 5. The lowest BCUT2D eigenvalue weighted by atomic mass is 10.2. The number of carbonyl (C=O) groups is 1. The summed E-state index contributed by atoms with van der Waals surface area (Å²) < 4.78 is 38.0. The van der Waals surface area contributed by atoms with Crippen molar-refractivity contribution in [1.82, 2.24) is 4.31 Å². The SMILES string of the molecule is COc1ccc(S(=O)(=O)N2CCO[C@@H]3CCC[C@@H]32)cc1C(=O)O. The maximum absolute atomic E-state index is 12.9. The first kappa shape index (κ1) is 16.2. The van der Waals surface area contributed by atoms with Crippen molar-refractivity contribution < 1.29 is 27.8 Å². The molecule has 1 N–H and O–H groups in total. The Bertz CT molecular complexity index is 717. The average Bonchev–Trinajstić information content (AvgIpc) is 3.02. The molecule has 1 aromatic rings. The van der Waals surface area contributed by atoms with Crippen LogP contribution in [0.25, 0.3) is 0 Å². The van der Waals surface area contributed by atoms with Crippen LogP contribution in [0.4, 0.5) is 0 Å². The van der Waals surface area contributed by atoms with Gasteiger partial charge in [0.05, 0.1) is 30.8 Å². The maximum atomic E-state index is 12.9. The molecule has 23 heavy (non-hydrogen) atoms. The standard InChI is InChI=1S/C15H19NO6S/c1-21-13-6-5-10(9-11(13)15(17)18)23(19,20)16-7-8-22-14-4-2-3-12(14)16/h5-6,9,12,14H,2-4,7-8H2,1H3,(H,17,18)/t12-,14+/m0/s1. The molecule has 0 bridgehead atoms. The number of fused-ring (bicyclic) bond motifs is 1. The molecule has 7 nitrogen and oxygen atoms in total. The lowest BCUT2D eigenvalue weighted by Gasteiger charge is -2.36. The molecule has 126 valence electrons. The van der Waals surface area contributed by atoms with Crippen LogP contribution < -0.4 is 4.74 Å². The zero-order valence-electron chi connectivity index (χ0n) is 12.8. The van der Waals surface area contributed by atoms with Crippen LogP contribution in [0.15, 0.2) is 23.1 Å². The maximum Gasteiger partial charge on any atom is 0.339 e. The van der Waals surface area contributed by atoms with Crippen molar-refractivity contribution >= 4 is 16.0 Å². The Morgan fingerprint density at radius 1 is 1.39 bits per heavy atom. The molecule has 0 unspecified atom stereocenters. The zero-order valence-corrected chi connectivity index (χ0v) is 13.6. The van der Waals surface area contributed by atoms with E-state index in [-0.39, 0.29) is 34.9 Å². The van der Waals surface area contributed by atoms with Crippen molar-refractivity contribution in [2.24, 2.45) is 0 Å². The van der Waals surface area contributed by atoms with Gasteiger partial charge in [-0.05, 0) is 37.5 Å². The summed E-state index contributed by atoms with van der Waals surface area (Å²) >= 11 is 0. The molecule has 1 aliphatic carbocycles. The Morgan fingerprint density at radius 3 is 2.87 bits per heavy atom. The van der Waals surface area contributed by atoms with Crippen LogP contribution in [0.1, 0.15) is 29.6 Å². The highest BCUT2D eigenvalue weighted by atomic mass is 32.2. The molecule has 0 radical (unpaired) electrons. The first-order valence-electron chi connectivity index (χ1n) is 7.50. The number of carboxylic acids is 1. The first-order valence-corrected chi connectivity index (χ1v) is 8.94. The first-order chi connectivity index (χ1) is 10.9. The molecule has 1 saturated heterocycles. The third-order valence-corrected chi connectivity index (χ3v) is 6.36. The molecule has 2 fully saturated rings. The van der Waals surface area contributed by atoms with Gasteiger partial charge < -0.3 is 14.6 Å². The van der Waals surface area contributed by atoms with Gasteiger partial charge in [-0.1, -0.05) is 0 Å². The van der Waals surface area contributed by atoms with Gasteiger partial charge in [-0.15, -0.1) is 0 Å². The highest BCUT2D eigenvalue weighted by Gasteiger charge is 2.42. The second-order valence-corrected chi connectivity index (χ2v) is 7.58. The molecule has 3 rings (SSSR count). The van der Waals surface area contributed by atoms with Crippen molar-refractivity contribution in [3.63, 3.8) is 0 Å². The Kier molecular flexibility index (Phi) is 4.31. The fourth-order valence-corrected chi connectivity index (χ4v) is 5.03. The summed E-state index contributed by atoms with van der Waals surface area (Å²) in [7, 11) is -2.41. The molecule has 8 heteroatoms. The van der Waals surface area contributed by atoms with E-state index in [1.54, 1.807) is 0 Å². The van der Waals surface area contributed by atoms with Crippen molar-refractivity contribution in [3.8, 4) is 5.75 Å². The Hall–Kier alpha value is -1.64. The highest BCUT2D eigenvalue weighted by Crippen LogP contribution is 2.34. The topological polar surface area (TPSA) is 93.1 Å². The van der Waals surface area contributed by atoms with E-state index in [2.05, 4.69) is 0 Å². The normalized spacial score (nSPS) is 25.1. The Balaban J connectivity index is 1.99. The Morgan fingerprint density at radius 2 is 2.17 bits per heavy atom. The zero-order chi connectivity index (χ0) is 16.6. The third-order valence-electron chi connectivity index (χ3n) is 4.44. The number of ether oxygens (including phenoxy) is 2. The Labute approximate surface area is 134 Å². The molecular weight excluding hydrogens is 322 g/mol. The van der Waals surface area contributed by atoms with Gasteiger partial charge in [-0.3, -0.25) is 0 Å². The van der Waals surface area contributed by atoms with Crippen LogP contribution in [-0.4, -0.2) is 56.2 Å². The minimum Gasteiger partial charge on any atom is -0.496 e. The van der Waals surface area contributed by atoms with Gasteiger partial charge in [0.2, 0.25) is 10.0 Å². The number of carboxylic acid groups (broad SMARTS) is 1. The molecule has 0 amide bonds. The van der Waals surface area contributed by atoms with E-state index < -0.39 is 16.0 Å². The van der Waals surface area contributed by atoms with Gasteiger partial charge in [0.15, 0.2) is 0 Å². The summed E-state index contributed by atoms with van der Waals surface area (Å²) in [5.74, 6) is -1.09. The number of rotatable bonds is 4. The van der Waals surface area contributed by atoms with E-state index in [0.29, 0.717) is 6.61 Å². The quantitative estimate of drug-likeness (QED) is 0.888. The minimum absolute atomic E-state index is 0.0248.